The fourth-order valence-electron chi connectivity index (χ4n) is 6.33. The van der Waals surface area contributed by atoms with Gasteiger partial charge in [-0.25, -0.2) is 8.78 Å². The van der Waals surface area contributed by atoms with Crippen LogP contribution in [-0.4, -0.2) is 83.8 Å². The van der Waals surface area contributed by atoms with Gasteiger partial charge in [-0.05, 0) is 36.5 Å². The number of alkyl halides is 5. The van der Waals surface area contributed by atoms with Crippen molar-refractivity contribution in [2.75, 3.05) is 13.1 Å². The number of rotatable bonds is 1. The van der Waals surface area contributed by atoms with Crippen LogP contribution in [0, 0.1) is 34.5 Å². The van der Waals surface area contributed by atoms with Crippen LogP contribution < -0.4 is 21.3 Å². The first-order chi connectivity index (χ1) is 18.0. The summed E-state index contributed by atoms with van der Waals surface area (Å²) >= 11 is 0. The molecule has 1 unspecified atom stereocenters. The molecular weight excluding hydrogens is 535 g/mol. The summed E-state index contributed by atoms with van der Waals surface area (Å²) in [7, 11) is 0. The van der Waals surface area contributed by atoms with Gasteiger partial charge in [-0.2, -0.15) is 18.4 Å². The average molecular weight is 562 g/mol. The fraction of sp³-hybridized carbons (Fsp3) is 0.739. The standard InChI is InChI=1S/C23H27F5N6O5/c1-21(2)5-10-7-34-14(13(10)21)18(37)31-11(6-29)3-9-4-12(32-16(9)35)17(36)30-8-22(24,25)15(19(34)38)33-20(39)23(26,27)28/h9-15H,3-5,7-8H2,1-2H3,(H,30,36)(H,31,37)(H,32,35)(H,33,39)/t9-,10+,11?,12+,13-,14+,15-/m1/s1. The van der Waals surface area contributed by atoms with Crippen LogP contribution in [-0.2, 0) is 24.0 Å². The van der Waals surface area contributed by atoms with E-state index >= 15 is 8.78 Å². The summed E-state index contributed by atoms with van der Waals surface area (Å²) in [6, 6.07) is -5.20. The van der Waals surface area contributed by atoms with Crippen molar-refractivity contribution in [2.24, 2.45) is 23.2 Å². The molecule has 5 amide bonds. The van der Waals surface area contributed by atoms with Crippen LogP contribution in [0.2, 0.25) is 0 Å². The quantitative estimate of drug-likeness (QED) is 0.318. The lowest BCUT2D eigenvalue weighted by molar-refractivity contribution is -0.179. The minimum absolute atomic E-state index is 0.190. The average Bonchev–Trinajstić information content (AvgIpc) is 3.36. The van der Waals surface area contributed by atoms with Gasteiger partial charge in [0.15, 0.2) is 6.04 Å². The SMILES string of the molecule is CC1(C)C[C@H]2CN3C(=O)[C@@H](NC(=O)C(F)(F)F)C(F)(F)CNC(=O)[C@@H]4C[C@@H](CC(C#N)NC(=O)[C@@H]3[C@@H]21)C(=O)N4. The zero-order valence-corrected chi connectivity index (χ0v) is 20.9. The summed E-state index contributed by atoms with van der Waals surface area (Å²) in [5, 5.41) is 17.3. The molecule has 2 bridgehead atoms. The molecule has 0 aromatic carbocycles. The second kappa shape index (κ2) is 9.60. The molecular formula is C23H27F5N6O5. The molecule has 3 heterocycles. The molecule has 1 saturated carbocycles. The van der Waals surface area contributed by atoms with Crippen molar-refractivity contribution in [3.63, 3.8) is 0 Å². The molecule has 3 saturated heterocycles. The summed E-state index contributed by atoms with van der Waals surface area (Å²) in [4.78, 5) is 64.2. The number of nitriles is 1. The van der Waals surface area contributed by atoms with Gasteiger partial charge in [0.2, 0.25) is 17.7 Å². The van der Waals surface area contributed by atoms with E-state index in [1.54, 1.807) is 13.8 Å². The molecule has 4 N–H and O–H groups in total. The number of carbonyl (C=O) groups is 5. The van der Waals surface area contributed by atoms with Gasteiger partial charge in [0.25, 0.3) is 11.8 Å². The number of hydrogen-bond acceptors (Lipinski definition) is 6. The van der Waals surface area contributed by atoms with E-state index in [-0.39, 0.29) is 25.3 Å². The third kappa shape index (κ3) is 5.22. The third-order valence-electron chi connectivity index (χ3n) is 8.07. The molecule has 0 aromatic rings. The molecule has 4 fully saturated rings. The summed E-state index contributed by atoms with van der Waals surface area (Å²) in [5.74, 6) is -13.3. The van der Waals surface area contributed by atoms with Crippen molar-refractivity contribution in [3.05, 3.63) is 0 Å². The first-order valence-corrected chi connectivity index (χ1v) is 12.3. The van der Waals surface area contributed by atoms with E-state index in [0.717, 1.165) is 10.2 Å². The van der Waals surface area contributed by atoms with E-state index in [0.29, 0.717) is 6.42 Å². The van der Waals surface area contributed by atoms with Gasteiger partial charge in [-0.3, -0.25) is 24.0 Å². The van der Waals surface area contributed by atoms with Gasteiger partial charge in [0.05, 0.1) is 12.6 Å². The molecule has 3 aliphatic heterocycles. The molecule has 39 heavy (non-hydrogen) atoms. The van der Waals surface area contributed by atoms with Crippen molar-refractivity contribution in [2.45, 2.75) is 69.4 Å². The molecule has 16 heteroatoms. The van der Waals surface area contributed by atoms with Crippen molar-refractivity contribution in [1.82, 2.24) is 26.2 Å². The highest BCUT2D eigenvalue weighted by molar-refractivity contribution is 5.95. The van der Waals surface area contributed by atoms with E-state index in [4.69, 9.17) is 0 Å². The Hall–Kier alpha value is -3.51. The van der Waals surface area contributed by atoms with E-state index in [9.17, 15) is 42.4 Å². The number of fused-ring (bicyclic) bond motifs is 5. The second-order valence-electron chi connectivity index (χ2n) is 11.2. The van der Waals surface area contributed by atoms with Crippen molar-refractivity contribution < 1.29 is 45.9 Å². The normalized spacial score (nSPS) is 36.1. The molecule has 214 valence electrons. The number of hydrogen-bond donors (Lipinski definition) is 4. The van der Waals surface area contributed by atoms with Crippen LogP contribution in [0.5, 0.6) is 0 Å². The van der Waals surface area contributed by atoms with Crippen LogP contribution in [0.4, 0.5) is 22.0 Å². The molecule has 4 aliphatic rings. The van der Waals surface area contributed by atoms with Crippen LogP contribution >= 0.6 is 0 Å². The minimum atomic E-state index is -5.61. The Balaban J connectivity index is 1.75. The van der Waals surface area contributed by atoms with E-state index in [2.05, 4.69) is 10.6 Å². The lowest BCUT2D eigenvalue weighted by Gasteiger charge is -2.49. The van der Waals surface area contributed by atoms with Gasteiger partial charge in [0, 0.05) is 12.5 Å². The van der Waals surface area contributed by atoms with Gasteiger partial charge < -0.3 is 26.2 Å². The molecule has 0 aromatic heterocycles. The summed E-state index contributed by atoms with van der Waals surface area (Å²) < 4.78 is 69.8. The van der Waals surface area contributed by atoms with E-state index in [1.807, 2.05) is 11.4 Å². The molecule has 4 rings (SSSR count). The Kier molecular flexibility index (Phi) is 7.01. The smallest absolute Gasteiger partial charge is 0.348 e. The molecule has 0 radical (unpaired) electrons. The molecule has 0 spiro atoms. The van der Waals surface area contributed by atoms with Crippen LogP contribution in [0.3, 0.4) is 0 Å². The van der Waals surface area contributed by atoms with E-state index < -0.39 is 89.6 Å². The number of halogens is 5. The first kappa shape index (κ1) is 28.5. The minimum Gasteiger partial charge on any atom is -0.348 e. The Labute approximate surface area is 219 Å². The van der Waals surface area contributed by atoms with Gasteiger partial charge >= 0.3 is 12.1 Å². The molecule has 7 atom stereocenters. The number of nitrogens with zero attached hydrogens (tertiary/aromatic N) is 2. The maximum absolute atomic E-state index is 15.4. The number of amides is 5. The Morgan fingerprint density at radius 2 is 1.74 bits per heavy atom. The largest absolute Gasteiger partial charge is 0.471 e. The Bertz CT molecular complexity index is 1140. The second-order valence-corrected chi connectivity index (χ2v) is 11.2. The summed E-state index contributed by atoms with van der Waals surface area (Å²) in [6.45, 7) is 1.68. The Morgan fingerprint density at radius 1 is 1.08 bits per heavy atom. The summed E-state index contributed by atoms with van der Waals surface area (Å²) in [5.41, 5.74) is -0.549. The highest BCUT2D eigenvalue weighted by Crippen LogP contribution is 2.57. The van der Waals surface area contributed by atoms with Crippen LogP contribution in [0.15, 0.2) is 0 Å². The first-order valence-electron chi connectivity index (χ1n) is 12.3. The van der Waals surface area contributed by atoms with Crippen LogP contribution in [0.25, 0.3) is 0 Å². The van der Waals surface area contributed by atoms with Crippen molar-refractivity contribution in [1.29, 1.82) is 5.26 Å². The highest BCUT2D eigenvalue weighted by Gasteiger charge is 2.63. The summed E-state index contributed by atoms with van der Waals surface area (Å²) in [6.07, 6.45) is -5.51. The lowest BCUT2D eigenvalue weighted by atomic mass is 9.55. The highest BCUT2D eigenvalue weighted by atomic mass is 19.4. The zero-order valence-electron chi connectivity index (χ0n) is 20.9. The van der Waals surface area contributed by atoms with Crippen molar-refractivity contribution >= 4 is 29.5 Å². The maximum Gasteiger partial charge on any atom is 0.471 e. The maximum atomic E-state index is 15.4. The van der Waals surface area contributed by atoms with Gasteiger partial charge in [-0.1, -0.05) is 13.8 Å². The topological polar surface area (TPSA) is 160 Å². The van der Waals surface area contributed by atoms with Gasteiger partial charge in [0.1, 0.15) is 18.1 Å². The zero-order chi connectivity index (χ0) is 29.1. The van der Waals surface area contributed by atoms with Gasteiger partial charge in [-0.15, -0.1) is 0 Å². The number of carbonyl (C=O) groups excluding carboxylic acids is 5. The molecule has 1 aliphatic carbocycles. The van der Waals surface area contributed by atoms with E-state index in [1.165, 1.54) is 0 Å². The number of nitrogens with one attached hydrogen (secondary N) is 4. The fourth-order valence-corrected chi connectivity index (χ4v) is 6.33. The monoisotopic (exact) mass is 562 g/mol. The molecule has 11 nitrogen and oxygen atoms in total. The predicted octanol–water partition coefficient (Wildman–Crippen LogP) is -0.425. The lowest BCUT2D eigenvalue weighted by Crippen LogP contribution is -2.64. The van der Waals surface area contributed by atoms with Crippen molar-refractivity contribution in [3.8, 4) is 6.07 Å². The Morgan fingerprint density at radius 3 is 2.33 bits per heavy atom. The third-order valence-corrected chi connectivity index (χ3v) is 8.07. The predicted molar refractivity (Wildman–Crippen MR) is 119 cm³/mol. The van der Waals surface area contributed by atoms with Crippen LogP contribution in [0.1, 0.15) is 33.1 Å².